The summed E-state index contributed by atoms with van der Waals surface area (Å²) in [4.78, 5) is 41.2. The number of thiazole rings is 1. The van der Waals surface area contributed by atoms with Crippen LogP contribution in [0.2, 0.25) is 0 Å². The van der Waals surface area contributed by atoms with Gasteiger partial charge in [-0.1, -0.05) is 36.4 Å². The van der Waals surface area contributed by atoms with E-state index in [1.54, 1.807) is 24.4 Å². The maximum atomic E-state index is 12.3. The van der Waals surface area contributed by atoms with Crippen LogP contribution < -0.4 is 16.2 Å². The number of thiophene rings is 1. The molecule has 0 aliphatic rings. The first kappa shape index (κ1) is 18.7. The summed E-state index contributed by atoms with van der Waals surface area (Å²) in [5, 5.41) is 4.99. The second-order valence-corrected chi connectivity index (χ2v) is 7.41. The molecule has 2 heterocycles. The van der Waals surface area contributed by atoms with Crippen molar-refractivity contribution in [3.05, 3.63) is 63.3 Å². The van der Waals surface area contributed by atoms with Crippen molar-refractivity contribution in [2.45, 2.75) is 6.92 Å². The Hall–Kier alpha value is -3.04. The Balaban J connectivity index is 1.52. The molecule has 0 unspecified atom stereocenters. The zero-order valence-corrected chi connectivity index (χ0v) is 15.9. The van der Waals surface area contributed by atoms with Crippen molar-refractivity contribution in [2.24, 2.45) is 0 Å². The fraction of sp³-hybridized carbons (Fsp3) is 0.111. The molecule has 7 nitrogen and oxygen atoms in total. The first-order valence-electron chi connectivity index (χ1n) is 7.98. The highest BCUT2D eigenvalue weighted by molar-refractivity contribution is 7.17. The van der Waals surface area contributed by atoms with Gasteiger partial charge in [0.25, 0.3) is 17.7 Å². The molecule has 2 aromatic heterocycles. The minimum absolute atomic E-state index is 0.242. The van der Waals surface area contributed by atoms with Gasteiger partial charge in [-0.15, -0.1) is 22.7 Å². The number of carbonyl (C=O) groups is 3. The zero-order chi connectivity index (χ0) is 19.2. The van der Waals surface area contributed by atoms with E-state index in [0.29, 0.717) is 15.4 Å². The fourth-order valence-corrected chi connectivity index (χ4v) is 3.80. The molecule has 3 amide bonds. The molecule has 3 aromatic rings. The monoisotopic (exact) mass is 400 g/mol. The Morgan fingerprint density at radius 3 is 2.48 bits per heavy atom. The van der Waals surface area contributed by atoms with E-state index >= 15 is 0 Å². The predicted molar refractivity (Wildman–Crippen MR) is 105 cm³/mol. The summed E-state index contributed by atoms with van der Waals surface area (Å²) in [6.45, 7) is 1.49. The molecule has 0 aliphatic carbocycles. The van der Waals surface area contributed by atoms with E-state index in [1.165, 1.54) is 22.7 Å². The lowest BCUT2D eigenvalue weighted by molar-refractivity contribution is -0.120. The molecule has 3 rings (SSSR count). The van der Waals surface area contributed by atoms with Gasteiger partial charge in [0, 0.05) is 5.56 Å². The van der Waals surface area contributed by atoms with Gasteiger partial charge < -0.3 is 5.32 Å². The standard InChI is InChI=1S/C18H16N4O3S2/c1-11-15(27-18(20-11)12-6-3-2-4-7-12)17(25)22-21-14(23)10-19-16(24)13-8-5-9-26-13/h2-9H,10H2,1H3,(H,19,24)(H,21,23)(H,22,25). The highest BCUT2D eigenvalue weighted by Gasteiger charge is 2.17. The molecular formula is C18H16N4O3S2. The Kier molecular flexibility index (Phi) is 5.94. The molecule has 0 saturated heterocycles. The summed E-state index contributed by atoms with van der Waals surface area (Å²) in [7, 11) is 0. The highest BCUT2D eigenvalue weighted by atomic mass is 32.1. The number of nitrogens with one attached hydrogen (secondary N) is 3. The van der Waals surface area contributed by atoms with Gasteiger partial charge in [-0.25, -0.2) is 4.98 Å². The van der Waals surface area contributed by atoms with E-state index in [4.69, 9.17) is 0 Å². The van der Waals surface area contributed by atoms with Gasteiger partial charge in [0.15, 0.2) is 0 Å². The third-order valence-corrected chi connectivity index (χ3v) is 5.57. The lowest BCUT2D eigenvalue weighted by atomic mass is 10.2. The Morgan fingerprint density at radius 2 is 1.78 bits per heavy atom. The average Bonchev–Trinajstić information content (AvgIpc) is 3.35. The first-order chi connectivity index (χ1) is 13.0. The predicted octanol–water partition coefficient (Wildman–Crippen LogP) is 2.37. The van der Waals surface area contributed by atoms with Crippen molar-refractivity contribution in [1.29, 1.82) is 0 Å². The number of amides is 3. The molecule has 0 spiro atoms. The molecule has 0 bridgehead atoms. The maximum absolute atomic E-state index is 12.3. The van der Waals surface area contributed by atoms with Crippen LogP contribution in [0.1, 0.15) is 25.0 Å². The number of aryl methyl sites for hydroxylation is 1. The van der Waals surface area contributed by atoms with Gasteiger partial charge in [-0.3, -0.25) is 25.2 Å². The van der Waals surface area contributed by atoms with E-state index in [-0.39, 0.29) is 12.5 Å². The van der Waals surface area contributed by atoms with Crippen LogP contribution in [0.5, 0.6) is 0 Å². The number of hydrazine groups is 1. The minimum atomic E-state index is -0.529. The maximum Gasteiger partial charge on any atom is 0.281 e. The summed E-state index contributed by atoms with van der Waals surface area (Å²) in [6.07, 6.45) is 0. The van der Waals surface area contributed by atoms with Crippen LogP contribution >= 0.6 is 22.7 Å². The summed E-state index contributed by atoms with van der Waals surface area (Å²) >= 11 is 2.53. The van der Waals surface area contributed by atoms with E-state index < -0.39 is 11.8 Å². The average molecular weight is 400 g/mol. The molecular weight excluding hydrogens is 384 g/mol. The SMILES string of the molecule is Cc1nc(-c2ccccc2)sc1C(=O)NNC(=O)CNC(=O)c1cccs1. The Bertz CT molecular complexity index is 952. The quantitative estimate of drug-likeness (QED) is 0.573. The zero-order valence-electron chi connectivity index (χ0n) is 14.3. The second-order valence-electron chi connectivity index (χ2n) is 5.46. The largest absolute Gasteiger partial charge is 0.342 e. The molecule has 27 heavy (non-hydrogen) atoms. The van der Waals surface area contributed by atoms with Crippen molar-refractivity contribution in [2.75, 3.05) is 6.54 Å². The van der Waals surface area contributed by atoms with Gasteiger partial charge in [0.2, 0.25) is 0 Å². The van der Waals surface area contributed by atoms with Crippen LogP contribution in [0.3, 0.4) is 0 Å². The molecule has 138 valence electrons. The molecule has 3 N–H and O–H groups in total. The van der Waals surface area contributed by atoms with Crippen LogP contribution in [-0.4, -0.2) is 29.3 Å². The number of rotatable bonds is 5. The second kappa shape index (κ2) is 8.56. The molecule has 0 radical (unpaired) electrons. The summed E-state index contributed by atoms with van der Waals surface area (Å²) in [5.41, 5.74) is 6.13. The fourth-order valence-electron chi connectivity index (χ4n) is 2.19. The number of hydrogen-bond donors (Lipinski definition) is 3. The molecule has 0 atom stereocenters. The van der Waals surface area contributed by atoms with Crippen molar-refractivity contribution < 1.29 is 14.4 Å². The van der Waals surface area contributed by atoms with E-state index in [9.17, 15) is 14.4 Å². The summed E-state index contributed by atoms with van der Waals surface area (Å²) in [6, 6.07) is 12.9. The number of aromatic nitrogens is 1. The normalized spacial score (nSPS) is 10.3. The van der Waals surface area contributed by atoms with Crippen molar-refractivity contribution in [1.82, 2.24) is 21.2 Å². The van der Waals surface area contributed by atoms with Crippen LogP contribution in [-0.2, 0) is 4.79 Å². The molecule has 0 aliphatic heterocycles. The first-order valence-corrected chi connectivity index (χ1v) is 9.68. The smallest absolute Gasteiger partial charge is 0.281 e. The molecule has 0 saturated carbocycles. The van der Waals surface area contributed by atoms with Gasteiger partial charge in [-0.05, 0) is 18.4 Å². The van der Waals surface area contributed by atoms with Crippen LogP contribution in [0, 0.1) is 6.92 Å². The van der Waals surface area contributed by atoms with Crippen molar-refractivity contribution in [3.63, 3.8) is 0 Å². The summed E-state index contributed by atoms with van der Waals surface area (Å²) < 4.78 is 0. The van der Waals surface area contributed by atoms with Gasteiger partial charge in [0.05, 0.1) is 17.1 Å². The van der Waals surface area contributed by atoms with Gasteiger partial charge in [-0.2, -0.15) is 0 Å². The van der Waals surface area contributed by atoms with E-state index in [1.807, 2.05) is 30.3 Å². The van der Waals surface area contributed by atoms with Crippen LogP contribution in [0.25, 0.3) is 10.6 Å². The molecule has 9 heteroatoms. The van der Waals surface area contributed by atoms with Crippen LogP contribution in [0.4, 0.5) is 0 Å². The molecule has 0 fully saturated rings. The highest BCUT2D eigenvalue weighted by Crippen LogP contribution is 2.27. The molecule has 1 aromatic carbocycles. The lowest BCUT2D eigenvalue weighted by Gasteiger charge is -2.07. The third kappa shape index (κ3) is 4.78. The van der Waals surface area contributed by atoms with Crippen LogP contribution in [0.15, 0.2) is 47.8 Å². The third-order valence-electron chi connectivity index (χ3n) is 3.49. The van der Waals surface area contributed by atoms with Crippen molar-refractivity contribution >= 4 is 40.4 Å². The number of benzene rings is 1. The van der Waals surface area contributed by atoms with Gasteiger partial charge >= 0.3 is 0 Å². The van der Waals surface area contributed by atoms with Gasteiger partial charge in [0.1, 0.15) is 9.88 Å². The summed E-state index contributed by atoms with van der Waals surface area (Å²) in [5.74, 6) is -1.32. The number of carbonyl (C=O) groups excluding carboxylic acids is 3. The lowest BCUT2D eigenvalue weighted by Crippen LogP contribution is -2.46. The topological polar surface area (TPSA) is 100 Å². The number of hydrogen-bond acceptors (Lipinski definition) is 6. The Labute approximate surface area is 163 Å². The van der Waals surface area contributed by atoms with Crippen molar-refractivity contribution in [3.8, 4) is 10.6 Å². The van der Waals surface area contributed by atoms with E-state index in [2.05, 4.69) is 21.2 Å². The van der Waals surface area contributed by atoms with E-state index in [0.717, 1.165) is 10.6 Å². The Morgan fingerprint density at radius 1 is 1.00 bits per heavy atom. The number of nitrogens with zero attached hydrogens (tertiary/aromatic N) is 1. The minimum Gasteiger partial charge on any atom is -0.342 e.